The standard InChI is InChI=1S/C8H12ClN3/c1-5(3-9)8-2-6(10)7(11)4-12-8/h2,4-5H,3,11H2,1H3,(H2,10,12). The Hall–Kier alpha value is -0.960. The predicted octanol–water partition coefficient (Wildman–Crippen LogP) is 1.59. The molecular formula is C8H12ClN3. The zero-order chi connectivity index (χ0) is 9.14. The van der Waals surface area contributed by atoms with E-state index in [0.717, 1.165) is 5.69 Å². The van der Waals surface area contributed by atoms with Gasteiger partial charge in [-0.1, -0.05) is 6.92 Å². The molecule has 0 saturated carbocycles. The largest absolute Gasteiger partial charge is 0.397 e. The summed E-state index contributed by atoms with van der Waals surface area (Å²) >= 11 is 5.67. The minimum atomic E-state index is 0.217. The summed E-state index contributed by atoms with van der Waals surface area (Å²) in [4.78, 5) is 4.12. The molecule has 1 rings (SSSR count). The number of alkyl halides is 1. The lowest BCUT2D eigenvalue weighted by Crippen LogP contribution is -2.02. The summed E-state index contributed by atoms with van der Waals surface area (Å²) in [5.74, 6) is 0.755. The molecule has 0 aliphatic heterocycles. The van der Waals surface area contributed by atoms with Crippen LogP contribution >= 0.6 is 11.6 Å². The highest BCUT2D eigenvalue weighted by molar-refractivity contribution is 6.18. The Kier molecular flexibility index (Phi) is 2.76. The summed E-state index contributed by atoms with van der Waals surface area (Å²) in [6.45, 7) is 1.99. The Balaban J connectivity index is 2.96. The molecule has 0 aromatic carbocycles. The molecule has 12 heavy (non-hydrogen) atoms. The van der Waals surface area contributed by atoms with Gasteiger partial charge < -0.3 is 11.5 Å². The summed E-state index contributed by atoms with van der Waals surface area (Å²) in [7, 11) is 0. The van der Waals surface area contributed by atoms with Gasteiger partial charge in [-0.25, -0.2) is 0 Å². The molecule has 1 heterocycles. The van der Waals surface area contributed by atoms with E-state index in [2.05, 4.69) is 4.98 Å². The maximum absolute atomic E-state index is 5.67. The molecule has 1 aromatic rings. The summed E-state index contributed by atoms with van der Waals surface area (Å²) < 4.78 is 0. The number of aromatic nitrogens is 1. The number of anilines is 2. The van der Waals surface area contributed by atoms with Gasteiger partial charge in [0.05, 0.1) is 17.6 Å². The molecule has 0 bridgehead atoms. The van der Waals surface area contributed by atoms with Crippen molar-refractivity contribution in [1.82, 2.24) is 4.98 Å². The number of halogens is 1. The number of nitrogens with two attached hydrogens (primary N) is 2. The Morgan fingerprint density at radius 1 is 1.50 bits per heavy atom. The molecule has 0 amide bonds. The highest BCUT2D eigenvalue weighted by atomic mass is 35.5. The van der Waals surface area contributed by atoms with E-state index in [9.17, 15) is 0 Å². The van der Waals surface area contributed by atoms with Crippen molar-refractivity contribution in [2.45, 2.75) is 12.8 Å². The van der Waals surface area contributed by atoms with E-state index in [1.807, 2.05) is 6.92 Å². The molecular weight excluding hydrogens is 174 g/mol. The number of nitrogen functional groups attached to an aromatic ring is 2. The van der Waals surface area contributed by atoms with Crippen molar-refractivity contribution in [3.63, 3.8) is 0 Å². The highest BCUT2D eigenvalue weighted by Gasteiger charge is 2.06. The summed E-state index contributed by atoms with van der Waals surface area (Å²) in [5.41, 5.74) is 13.1. The van der Waals surface area contributed by atoms with Crippen LogP contribution in [0.15, 0.2) is 12.3 Å². The topological polar surface area (TPSA) is 64.9 Å². The fraction of sp³-hybridized carbons (Fsp3) is 0.375. The predicted molar refractivity (Wildman–Crippen MR) is 52.2 cm³/mol. The molecule has 0 fully saturated rings. The van der Waals surface area contributed by atoms with Gasteiger partial charge in [0.25, 0.3) is 0 Å². The Bertz CT molecular complexity index is 275. The van der Waals surface area contributed by atoms with Gasteiger partial charge in [-0.05, 0) is 6.07 Å². The third-order valence-electron chi connectivity index (χ3n) is 1.73. The SMILES string of the molecule is CC(CCl)c1cc(N)c(N)cn1. The minimum absolute atomic E-state index is 0.217. The van der Waals surface area contributed by atoms with Crippen molar-refractivity contribution < 1.29 is 0 Å². The van der Waals surface area contributed by atoms with Crippen molar-refractivity contribution in [3.8, 4) is 0 Å². The van der Waals surface area contributed by atoms with Crippen LogP contribution in [0.5, 0.6) is 0 Å². The van der Waals surface area contributed by atoms with Crippen molar-refractivity contribution in [2.75, 3.05) is 17.3 Å². The van der Waals surface area contributed by atoms with Crippen LogP contribution in [0.3, 0.4) is 0 Å². The van der Waals surface area contributed by atoms with E-state index in [4.69, 9.17) is 23.1 Å². The molecule has 0 saturated heterocycles. The number of nitrogens with zero attached hydrogens (tertiary/aromatic N) is 1. The van der Waals surface area contributed by atoms with Gasteiger partial charge in [0, 0.05) is 17.5 Å². The Morgan fingerprint density at radius 3 is 2.67 bits per heavy atom. The molecule has 4 N–H and O–H groups in total. The lowest BCUT2D eigenvalue weighted by Gasteiger charge is -2.08. The first-order chi connectivity index (χ1) is 5.65. The first-order valence-electron chi connectivity index (χ1n) is 3.72. The van der Waals surface area contributed by atoms with Crippen LogP contribution in [0.25, 0.3) is 0 Å². The van der Waals surface area contributed by atoms with Gasteiger partial charge in [0.15, 0.2) is 0 Å². The number of pyridine rings is 1. The average Bonchev–Trinajstić information content (AvgIpc) is 2.08. The molecule has 1 unspecified atom stereocenters. The number of hydrogen-bond acceptors (Lipinski definition) is 3. The second-order valence-corrected chi connectivity index (χ2v) is 3.10. The first-order valence-corrected chi connectivity index (χ1v) is 4.25. The van der Waals surface area contributed by atoms with Crippen LogP contribution in [-0.4, -0.2) is 10.9 Å². The van der Waals surface area contributed by atoms with Gasteiger partial charge in [-0.2, -0.15) is 0 Å². The van der Waals surface area contributed by atoms with Gasteiger partial charge in [-0.15, -0.1) is 11.6 Å². The molecule has 1 aromatic heterocycles. The van der Waals surface area contributed by atoms with E-state index in [1.54, 1.807) is 12.3 Å². The summed E-state index contributed by atoms with van der Waals surface area (Å²) in [6, 6.07) is 1.77. The molecule has 1 atom stereocenters. The summed E-state index contributed by atoms with van der Waals surface area (Å²) in [5, 5.41) is 0. The van der Waals surface area contributed by atoms with Crippen molar-refractivity contribution >= 4 is 23.0 Å². The van der Waals surface area contributed by atoms with E-state index in [1.165, 1.54) is 0 Å². The van der Waals surface area contributed by atoms with Crippen LogP contribution < -0.4 is 11.5 Å². The second kappa shape index (κ2) is 3.63. The second-order valence-electron chi connectivity index (χ2n) is 2.79. The zero-order valence-corrected chi connectivity index (χ0v) is 7.67. The Morgan fingerprint density at radius 2 is 2.17 bits per heavy atom. The molecule has 0 aliphatic rings. The normalized spacial score (nSPS) is 12.8. The molecule has 0 aliphatic carbocycles. The molecule has 66 valence electrons. The fourth-order valence-electron chi connectivity index (χ4n) is 0.847. The van der Waals surface area contributed by atoms with Gasteiger partial charge in [0.2, 0.25) is 0 Å². The number of hydrogen-bond donors (Lipinski definition) is 2. The zero-order valence-electron chi connectivity index (χ0n) is 6.92. The molecule has 4 heteroatoms. The lowest BCUT2D eigenvalue weighted by atomic mass is 10.1. The van der Waals surface area contributed by atoms with Gasteiger partial charge in [-0.3, -0.25) is 4.98 Å². The van der Waals surface area contributed by atoms with Crippen LogP contribution in [0, 0.1) is 0 Å². The average molecular weight is 186 g/mol. The maximum atomic E-state index is 5.67. The van der Waals surface area contributed by atoms with Gasteiger partial charge in [0.1, 0.15) is 0 Å². The molecule has 0 radical (unpaired) electrons. The highest BCUT2D eigenvalue weighted by Crippen LogP contribution is 2.20. The smallest absolute Gasteiger partial charge is 0.0734 e. The van der Waals surface area contributed by atoms with Crippen molar-refractivity contribution in [2.24, 2.45) is 0 Å². The quantitative estimate of drug-likeness (QED) is 0.688. The van der Waals surface area contributed by atoms with Crippen LogP contribution in [0.2, 0.25) is 0 Å². The Labute approximate surface area is 76.7 Å². The first kappa shape index (κ1) is 9.13. The van der Waals surface area contributed by atoms with E-state index in [0.29, 0.717) is 17.3 Å². The van der Waals surface area contributed by atoms with E-state index in [-0.39, 0.29) is 5.92 Å². The lowest BCUT2D eigenvalue weighted by molar-refractivity contribution is 0.832. The molecule has 0 spiro atoms. The van der Waals surface area contributed by atoms with Crippen LogP contribution in [-0.2, 0) is 0 Å². The van der Waals surface area contributed by atoms with E-state index < -0.39 is 0 Å². The van der Waals surface area contributed by atoms with E-state index >= 15 is 0 Å². The number of rotatable bonds is 2. The summed E-state index contributed by atoms with van der Waals surface area (Å²) in [6.07, 6.45) is 1.56. The third kappa shape index (κ3) is 1.80. The van der Waals surface area contributed by atoms with Gasteiger partial charge >= 0.3 is 0 Å². The monoisotopic (exact) mass is 185 g/mol. The fourth-order valence-corrected chi connectivity index (χ4v) is 1.01. The minimum Gasteiger partial charge on any atom is -0.397 e. The van der Waals surface area contributed by atoms with Crippen LogP contribution in [0.4, 0.5) is 11.4 Å². The van der Waals surface area contributed by atoms with Crippen molar-refractivity contribution in [1.29, 1.82) is 0 Å². The van der Waals surface area contributed by atoms with Crippen LogP contribution in [0.1, 0.15) is 18.5 Å². The van der Waals surface area contributed by atoms with Crippen molar-refractivity contribution in [3.05, 3.63) is 18.0 Å². The maximum Gasteiger partial charge on any atom is 0.0734 e. The third-order valence-corrected chi connectivity index (χ3v) is 2.19. The molecule has 3 nitrogen and oxygen atoms in total.